The second-order valence-electron chi connectivity index (χ2n) is 6.57. The Labute approximate surface area is 146 Å². The van der Waals surface area contributed by atoms with Crippen molar-refractivity contribution in [2.75, 3.05) is 19.8 Å². The lowest BCUT2D eigenvalue weighted by Gasteiger charge is -2.32. The maximum absolute atomic E-state index is 11.9. The second kappa shape index (κ2) is 5.69. The number of nitrogens with zero attached hydrogens (tertiary/aromatic N) is 1. The Bertz CT molecular complexity index is 988. The van der Waals surface area contributed by atoms with Crippen LogP contribution >= 0.6 is 11.3 Å². The van der Waals surface area contributed by atoms with Crippen LogP contribution < -0.4 is 0 Å². The molecule has 1 aliphatic heterocycles. The topological polar surface area (TPSA) is 37.4 Å². The lowest BCUT2D eigenvalue weighted by atomic mass is 9.89. The third-order valence-corrected chi connectivity index (χ3v) is 6.98. The maximum Gasteiger partial charge on any atom is 0.175 e. The molecule has 0 amide bonds. The van der Waals surface area contributed by atoms with Crippen LogP contribution in [0.15, 0.2) is 53.4 Å². The van der Waals surface area contributed by atoms with E-state index in [0.717, 1.165) is 18.7 Å². The van der Waals surface area contributed by atoms with Gasteiger partial charge in [0.1, 0.15) is 0 Å². The van der Waals surface area contributed by atoms with Gasteiger partial charge >= 0.3 is 0 Å². The largest absolute Gasteiger partial charge is 0.301 e. The van der Waals surface area contributed by atoms with Crippen molar-refractivity contribution in [1.82, 2.24) is 4.90 Å². The molecule has 124 valence electrons. The first-order valence-electron chi connectivity index (χ1n) is 7.92. The van der Waals surface area contributed by atoms with Gasteiger partial charge in [-0.2, -0.15) is 0 Å². The molecule has 5 heteroatoms. The van der Waals surface area contributed by atoms with E-state index < -0.39 is 9.84 Å². The number of benzene rings is 2. The van der Waals surface area contributed by atoms with Gasteiger partial charge in [0, 0.05) is 34.8 Å². The van der Waals surface area contributed by atoms with Gasteiger partial charge < -0.3 is 4.90 Å². The number of hydrogen-bond acceptors (Lipinski definition) is 4. The van der Waals surface area contributed by atoms with E-state index in [9.17, 15) is 8.42 Å². The number of likely N-dealkylation sites (N-methyl/N-ethyl adjacent to an activating group) is 1. The van der Waals surface area contributed by atoms with Gasteiger partial charge in [-0.3, -0.25) is 0 Å². The molecular weight excluding hydrogens is 338 g/mol. The Hall–Kier alpha value is -1.69. The molecule has 3 nitrogen and oxygen atoms in total. The molecule has 1 unspecified atom stereocenters. The molecule has 0 radical (unpaired) electrons. The van der Waals surface area contributed by atoms with Crippen LogP contribution in [-0.4, -0.2) is 33.2 Å². The highest BCUT2D eigenvalue weighted by Crippen LogP contribution is 2.39. The first-order valence-corrected chi connectivity index (χ1v) is 10.6. The average molecular weight is 358 g/mol. The van der Waals surface area contributed by atoms with Crippen LogP contribution in [0.5, 0.6) is 0 Å². The van der Waals surface area contributed by atoms with E-state index in [1.165, 1.54) is 26.8 Å². The molecule has 0 N–H and O–H groups in total. The number of fused-ring (bicyclic) bond motifs is 2. The Morgan fingerprint density at radius 2 is 1.92 bits per heavy atom. The van der Waals surface area contributed by atoms with Crippen molar-refractivity contribution in [3.63, 3.8) is 0 Å². The smallest absolute Gasteiger partial charge is 0.175 e. The molecular formula is C19H19NO2S2. The van der Waals surface area contributed by atoms with E-state index in [4.69, 9.17) is 0 Å². The van der Waals surface area contributed by atoms with E-state index in [1.807, 2.05) is 23.5 Å². The van der Waals surface area contributed by atoms with Crippen molar-refractivity contribution >= 4 is 31.3 Å². The second-order valence-corrected chi connectivity index (χ2v) is 9.70. The predicted molar refractivity (Wildman–Crippen MR) is 99.6 cm³/mol. The van der Waals surface area contributed by atoms with Gasteiger partial charge in [0.25, 0.3) is 0 Å². The molecule has 1 aliphatic rings. The SMILES string of the molecule is CN1Cc2cc(S(C)(=O)=O)ccc2C(c2cc3ccccc3s2)C1. The summed E-state index contributed by atoms with van der Waals surface area (Å²) in [4.78, 5) is 4.02. The lowest BCUT2D eigenvalue weighted by molar-refractivity contribution is 0.296. The van der Waals surface area contributed by atoms with Crippen LogP contribution in [0.3, 0.4) is 0 Å². The van der Waals surface area contributed by atoms with Gasteiger partial charge in [0.15, 0.2) is 9.84 Å². The highest BCUT2D eigenvalue weighted by atomic mass is 32.2. The van der Waals surface area contributed by atoms with Crippen LogP contribution in [0, 0.1) is 0 Å². The fourth-order valence-corrected chi connectivity index (χ4v) is 5.32. The van der Waals surface area contributed by atoms with Crippen molar-refractivity contribution in [1.29, 1.82) is 0 Å². The van der Waals surface area contributed by atoms with Crippen LogP contribution in [0.2, 0.25) is 0 Å². The number of sulfone groups is 1. The zero-order valence-electron chi connectivity index (χ0n) is 13.7. The maximum atomic E-state index is 11.9. The van der Waals surface area contributed by atoms with Crippen molar-refractivity contribution in [3.8, 4) is 0 Å². The molecule has 24 heavy (non-hydrogen) atoms. The minimum atomic E-state index is -3.17. The van der Waals surface area contributed by atoms with Crippen LogP contribution in [-0.2, 0) is 16.4 Å². The normalized spacial score (nSPS) is 18.7. The fourth-order valence-electron chi connectivity index (χ4n) is 3.47. The Morgan fingerprint density at radius 1 is 1.12 bits per heavy atom. The predicted octanol–water partition coefficient (Wildman–Crippen LogP) is 3.88. The molecule has 0 saturated heterocycles. The fraction of sp³-hybridized carbons (Fsp3) is 0.263. The molecule has 0 spiro atoms. The van der Waals surface area contributed by atoms with E-state index in [-0.39, 0.29) is 0 Å². The molecule has 0 fully saturated rings. The molecule has 3 aromatic rings. The van der Waals surface area contributed by atoms with Crippen LogP contribution in [0.1, 0.15) is 21.9 Å². The van der Waals surface area contributed by atoms with Gasteiger partial charge in [0.05, 0.1) is 4.90 Å². The lowest BCUT2D eigenvalue weighted by Crippen LogP contribution is -2.30. The Morgan fingerprint density at radius 3 is 2.67 bits per heavy atom. The summed E-state index contributed by atoms with van der Waals surface area (Å²) in [7, 11) is -1.08. The quantitative estimate of drug-likeness (QED) is 0.698. The Kier molecular flexibility index (Phi) is 3.75. The minimum absolute atomic E-state index is 0.296. The molecule has 1 atom stereocenters. The monoisotopic (exact) mass is 357 g/mol. The molecule has 0 bridgehead atoms. The highest BCUT2D eigenvalue weighted by molar-refractivity contribution is 7.90. The van der Waals surface area contributed by atoms with Crippen molar-refractivity contribution in [3.05, 3.63) is 64.5 Å². The van der Waals surface area contributed by atoms with Gasteiger partial charge in [-0.15, -0.1) is 11.3 Å². The Balaban J connectivity index is 1.83. The van der Waals surface area contributed by atoms with Gasteiger partial charge in [-0.05, 0) is 47.8 Å². The molecule has 1 aromatic heterocycles. The van der Waals surface area contributed by atoms with E-state index in [0.29, 0.717) is 10.8 Å². The summed E-state index contributed by atoms with van der Waals surface area (Å²) in [6, 6.07) is 16.3. The number of rotatable bonds is 2. The first-order chi connectivity index (χ1) is 11.4. The standard InChI is InChI=1S/C19H19NO2S2/c1-20-11-14-9-15(24(2,21)22)7-8-16(14)17(12-20)19-10-13-5-3-4-6-18(13)23-19/h3-10,17H,11-12H2,1-2H3. The minimum Gasteiger partial charge on any atom is -0.301 e. The van der Waals surface area contributed by atoms with Crippen molar-refractivity contribution in [2.45, 2.75) is 17.4 Å². The summed E-state index contributed by atoms with van der Waals surface area (Å²) < 4.78 is 25.0. The molecule has 0 aliphatic carbocycles. The van der Waals surface area contributed by atoms with Gasteiger partial charge in [-0.1, -0.05) is 24.3 Å². The van der Waals surface area contributed by atoms with Gasteiger partial charge in [-0.25, -0.2) is 8.42 Å². The summed E-state index contributed by atoms with van der Waals surface area (Å²) in [6.45, 7) is 1.75. The summed E-state index contributed by atoms with van der Waals surface area (Å²) >= 11 is 1.83. The summed E-state index contributed by atoms with van der Waals surface area (Å²) in [5, 5.41) is 1.28. The van der Waals surface area contributed by atoms with Crippen molar-refractivity contribution in [2.24, 2.45) is 0 Å². The molecule has 2 aromatic carbocycles. The summed E-state index contributed by atoms with van der Waals surface area (Å²) in [5.74, 6) is 0.296. The van der Waals surface area contributed by atoms with Gasteiger partial charge in [0.2, 0.25) is 0 Å². The highest BCUT2D eigenvalue weighted by Gasteiger charge is 2.27. The molecule has 4 rings (SSSR count). The number of thiophene rings is 1. The third-order valence-electron chi connectivity index (χ3n) is 4.64. The number of hydrogen-bond donors (Lipinski definition) is 0. The summed E-state index contributed by atoms with van der Waals surface area (Å²) in [6.07, 6.45) is 1.27. The zero-order valence-corrected chi connectivity index (χ0v) is 15.3. The van der Waals surface area contributed by atoms with E-state index in [1.54, 1.807) is 6.07 Å². The zero-order chi connectivity index (χ0) is 16.9. The molecule has 0 saturated carbocycles. The van der Waals surface area contributed by atoms with Crippen molar-refractivity contribution < 1.29 is 8.42 Å². The van der Waals surface area contributed by atoms with E-state index >= 15 is 0 Å². The average Bonchev–Trinajstić information content (AvgIpc) is 2.96. The molecule has 2 heterocycles. The van der Waals surface area contributed by atoms with Crippen LogP contribution in [0.4, 0.5) is 0 Å². The third kappa shape index (κ3) is 2.77. The van der Waals surface area contributed by atoms with Crippen LogP contribution in [0.25, 0.3) is 10.1 Å². The first kappa shape index (κ1) is 15.8. The summed E-state index contributed by atoms with van der Waals surface area (Å²) in [5.41, 5.74) is 2.38. The van der Waals surface area contributed by atoms with E-state index in [2.05, 4.69) is 42.3 Å².